The van der Waals surface area contributed by atoms with Crippen molar-refractivity contribution in [2.75, 3.05) is 6.54 Å². The molecule has 0 bridgehead atoms. The molecular weight excluding hydrogens is 454 g/mol. The Morgan fingerprint density at radius 2 is 1.87 bits per heavy atom. The molecule has 1 amide bonds. The van der Waals surface area contributed by atoms with Crippen molar-refractivity contribution in [3.8, 4) is 0 Å². The molecule has 1 N–H and O–H groups in total. The van der Waals surface area contributed by atoms with Gasteiger partial charge in [0.1, 0.15) is 11.3 Å². The lowest BCUT2D eigenvalue weighted by atomic mass is 10.0. The lowest BCUT2D eigenvalue weighted by molar-refractivity contribution is -0.141. The minimum Gasteiger partial charge on any atom is -0.352 e. The van der Waals surface area contributed by atoms with Crippen LogP contribution in [0.1, 0.15) is 51.0 Å². The molecule has 0 aliphatic carbocycles. The van der Waals surface area contributed by atoms with E-state index >= 15 is 0 Å². The van der Waals surface area contributed by atoms with Gasteiger partial charge in [0.25, 0.3) is 5.91 Å². The van der Waals surface area contributed by atoms with Crippen molar-refractivity contribution >= 4 is 45.9 Å². The van der Waals surface area contributed by atoms with Crippen LogP contribution < -0.4 is 5.32 Å². The summed E-state index contributed by atoms with van der Waals surface area (Å²) >= 11 is 12.6. The zero-order valence-electron chi connectivity index (χ0n) is 16.8. The van der Waals surface area contributed by atoms with Crippen molar-refractivity contribution in [1.29, 1.82) is 0 Å². The van der Waals surface area contributed by atoms with E-state index in [4.69, 9.17) is 23.2 Å². The highest BCUT2D eigenvalue weighted by Crippen LogP contribution is 2.34. The highest BCUT2D eigenvalue weighted by atomic mass is 35.5. The fraction of sp³-hybridized carbons (Fsp3) is 0.286. The molecule has 0 spiro atoms. The topological polar surface area (TPSA) is 64.0 Å². The third-order valence-electron chi connectivity index (χ3n) is 4.83. The zero-order valence-corrected chi connectivity index (χ0v) is 18.3. The summed E-state index contributed by atoms with van der Waals surface area (Å²) in [6.45, 7) is 3.82. The average molecular weight is 472 g/mol. The Labute approximate surface area is 186 Å². The number of hydrogen-bond donors (Lipinski definition) is 1. The lowest BCUT2D eigenvalue weighted by Gasteiger charge is -2.12. The zero-order chi connectivity index (χ0) is 23.1. The SMILES string of the molecule is CCCNC(=O)c1ccc(Cl)c(C(=O)c2cc3c(C)cc(C(F)(F)F)nc3n2C)c1Cl. The summed E-state index contributed by atoms with van der Waals surface area (Å²) in [5, 5.41) is 2.96. The van der Waals surface area contributed by atoms with Gasteiger partial charge in [-0.2, -0.15) is 13.2 Å². The number of nitrogens with one attached hydrogen (secondary N) is 1. The van der Waals surface area contributed by atoms with Gasteiger partial charge in [0.05, 0.1) is 26.9 Å². The van der Waals surface area contributed by atoms with Crippen molar-refractivity contribution < 1.29 is 22.8 Å². The molecule has 5 nitrogen and oxygen atoms in total. The summed E-state index contributed by atoms with van der Waals surface area (Å²) in [7, 11) is 1.43. The van der Waals surface area contributed by atoms with E-state index < -0.39 is 23.6 Å². The number of ketones is 1. The minimum atomic E-state index is -4.62. The van der Waals surface area contributed by atoms with Crippen LogP contribution >= 0.6 is 23.2 Å². The first kappa shape index (κ1) is 23.1. The molecule has 0 unspecified atom stereocenters. The highest BCUT2D eigenvalue weighted by molar-refractivity contribution is 6.42. The number of carbonyl (C=O) groups excluding carboxylic acids is 2. The van der Waals surface area contributed by atoms with Gasteiger partial charge in [-0.1, -0.05) is 30.1 Å². The van der Waals surface area contributed by atoms with Gasteiger partial charge in [-0.15, -0.1) is 0 Å². The second-order valence-electron chi connectivity index (χ2n) is 7.02. The predicted octanol–water partition coefficient (Wildman–Crippen LogP) is 5.58. The Bertz CT molecular complexity index is 1200. The van der Waals surface area contributed by atoms with E-state index in [1.165, 1.54) is 36.7 Å². The highest BCUT2D eigenvalue weighted by Gasteiger charge is 2.34. The number of aromatic nitrogens is 2. The summed E-state index contributed by atoms with van der Waals surface area (Å²) in [6.07, 6.45) is -3.91. The Morgan fingerprint density at radius 3 is 2.48 bits per heavy atom. The number of rotatable bonds is 5. The molecule has 2 aromatic heterocycles. The first-order chi connectivity index (χ1) is 14.5. The first-order valence-corrected chi connectivity index (χ1v) is 10.1. The molecule has 0 aliphatic rings. The van der Waals surface area contributed by atoms with Gasteiger partial charge < -0.3 is 9.88 Å². The van der Waals surface area contributed by atoms with Crippen LogP contribution in [0.5, 0.6) is 0 Å². The van der Waals surface area contributed by atoms with Crippen molar-refractivity contribution in [3.63, 3.8) is 0 Å². The maximum Gasteiger partial charge on any atom is 0.433 e. The number of carbonyl (C=O) groups is 2. The monoisotopic (exact) mass is 471 g/mol. The molecule has 3 aromatic rings. The number of hydrogen-bond acceptors (Lipinski definition) is 3. The first-order valence-electron chi connectivity index (χ1n) is 9.32. The Morgan fingerprint density at radius 1 is 1.19 bits per heavy atom. The van der Waals surface area contributed by atoms with Crippen molar-refractivity contribution in [3.05, 3.63) is 62.4 Å². The summed E-state index contributed by atoms with van der Waals surface area (Å²) in [6, 6.07) is 5.16. The van der Waals surface area contributed by atoms with Crippen LogP contribution in [0, 0.1) is 6.92 Å². The Hall–Kier alpha value is -2.58. The fourth-order valence-corrected chi connectivity index (χ4v) is 3.84. The van der Waals surface area contributed by atoms with Gasteiger partial charge in [-0.25, -0.2) is 4.98 Å². The number of halogens is 5. The average Bonchev–Trinajstić information content (AvgIpc) is 3.03. The van der Waals surface area contributed by atoms with Crippen molar-refractivity contribution in [2.24, 2.45) is 7.05 Å². The Balaban J connectivity index is 2.14. The molecule has 0 atom stereocenters. The van der Waals surface area contributed by atoms with E-state index in [1.807, 2.05) is 6.92 Å². The number of pyridine rings is 1. The molecule has 0 saturated heterocycles. The lowest BCUT2D eigenvalue weighted by Crippen LogP contribution is -2.25. The van der Waals surface area contributed by atoms with E-state index in [-0.39, 0.29) is 32.5 Å². The third-order valence-corrected chi connectivity index (χ3v) is 5.53. The van der Waals surface area contributed by atoms with E-state index in [0.717, 1.165) is 6.07 Å². The number of fused-ring (bicyclic) bond motifs is 1. The summed E-state index contributed by atoms with van der Waals surface area (Å²) in [5.41, 5.74) is -0.720. The predicted molar refractivity (Wildman–Crippen MR) is 113 cm³/mol. The second-order valence-corrected chi connectivity index (χ2v) is 7.80. The second kappa shape index (κ2) is 8.51. The normalized spacial score (nSPS) is 11.7. The summed E-state index contributed by atoms with van der Waals surface area (Å²) in [5.74, 6) is -1.09. The summed E-state index contributed by atoms with van der Waals surface area (Å²) in [4.78, 5) is 29.3. The molecule has 10 heteroatoms. The van der Waals surface area contributed by atoms with Gasteiger partial charge >= 0.3 is 6.18 Å². The Kier molecular flexibility index (Phi) is 6.34. The van der Waals surface area contributed by atoms with Crippen LogP contribution in [-0.2, 0) is 13.2 Å². The molecule has 3 rings (SSSR count). The minimum absolute atomic E-state index is 0.000219. The number of aryl methyl sites for hydroxylation is 2. The third kappa shape index (κ3) is 4.27. The fourth-order valence-electron chi connectivity index (χ4n) is 3.21. The molecular formula is C21H18Cl2F3N3O2. The quantitative estimate of drug-likeness (QED) is 0.494. The summed E-state index contributed by atoms with van der Waals surface area (Å²) < 4.78 is 40.7. The smallest absolute Gasteiger partial charge is 0.352 e. The molecule has 0 saturated carbocycles. The maximum absolute atomic E-state index is 13.3. The van der Waals surface area contributed by atoms with Crippen LogP contribution in [0.2, 0.25) is 10.0 Å². The number of nitrogens with zero attached hydrogens (tertiary/aromatic N) is 2. The van der Waals surface area contributed by atoms with Crippen molar-refractivity contribution in [2.45, 2.75) is 26.4 Å². The van der Waals surface area contributed by atoms with Crippen LogP contribution in [0.15, 0.2) is 24.3 Å². The molecule has 164 valence electrons. The van der Waals surface area contributed by atoms with Gasteiger partial charge in [0, 0.05) is 19.0 Å². The number of alkyl halides is 3. The molecule has 1 aromatic carbocycles. The maximum atomic E-state index is 13.3. The van der Waals surface area contributed by atoms with Crippen LogP contribution in [-0.4, -0.2) is 27.8 Å². The van der Waals surface area contributed by atoms with Gasteiger partial charge in [-0.3, -0.25) is 9.59 Å². The van der Waals surface area contributed by atoms with Gasteiger partial charge in [0.2, 0.25) is 5.78 Å². The molecule has 31 heavy (non-hydrogen) atoms. The van der Waals surface area contributed by atoms with Crippen LogP contribution in [0.4, 0.5) is 13.2 Å². The molecule has 0 radical (unpaired) electrons. The molecule has 0 aliphatic heterocycles. The largest absolute Gasteiger partial charge is 0.433 e. The van der Waals surface area contributed by atoms with E-state index in [9.17, 15) is 22.8 Å². The molecule has 2 heterocycles. The number of benzene rings is 1. The van der Waals surface area contributed by atoms with Crippen LogP contribution in [0.25, 0.3) is 11.0 Å². The number of amides is 1. The molecule has 0 fully saturated rings. The van der Waals surface area contributed by atoms with E-state index in [0.29, 0.717) is 23.9 Å². The van der Waals surface area contributed by atoms with Gasteiger partial charge in [-0.05, 0) is 43.2 Å². The van der Waals surface area contributed by atoms with E-state index in [2.05, 4.69) is 10.3 Å². The van der Waals surface area contributed by atoms with Crippen molar-refractivity contribution in [1.82, 2.24) is 14.9 Å². The van der Waals surface area contributed by atoms with E-state index in [1.54, 1.807) is 0 Å². The van der Waals surface area contributed by atoms with Crippen LogP contribution in [0.3, 0.4) is 0 Å². The van der Waals surface area contributed by atoms with Gasteiger partial charge in [0.15, 0.2) is 0 Å². The standard InChI is InChI=1S/C21H18Cl2F3N3O2/c1-4-7-27-20(31)11-5-6-13(22)16(17(11)23)18(30)14-9-12-10(2)8-15(21(24,25)26)28-19(12)29(14)3/h5-6,8-9H,4,7H2,1-3H3,(H,27,31).